The molecule has 1 nitrogen and oxygen atoms in total. The molecular formula is C10H21N. The van der Waals surface area contributed by atoms with Gasteiger partial charge in [-0.2, -0.15) is 0 Å². The van der Waals surface area contributed by atoms with E-state index in [1.54, 1.807) is 0 Å². The molecule has 0 atom stereocenters. The van der Waals surface area contributed by atoms with Gasteiger partial charge in [0.25, 0.3) is 0 Å². The van der Waals surface area contributed by atoms with Gasteiger partial charge in [-0.05, 0) is 19.1 Å². The van der Waals surface area contributed by atoms with Crippen LogP contribution in [0.1, 0.15) is 52.4 Å². The summed E-state index contributed by atoms with van der Waals surface area (Å²) in [6.45, 7) is 5.41. The number of rotatable bonds is 7. The van der Waals surface area contributed by atoms with E-state index >= 15 is 0 Å². The summed E-state index contributed by atoms with van der Waals surface area (Å²) in [5, 5.41) is 0. The highest BCUT2D eigenvalue weighted by molar-refractivity contribution is 5.56. The third kappa shape index (κ3) is 9.67. The van der Waals surface area contributed by atoms with Crippen LogP contribution < -0.4 is 0 Å². The van der Waals surface area contributed by atoms with Gasteiger partial charge < -0.3 is 0 Å². The molecule has 0 saturated heterocycles. The Morgan fingerprint density at radius 2 is 1.73 bits per heavy atom. The number of hydrogen-bond acceptors (Lipinski definition) is 1. The van der Waals surface area contributed by atoms with Gasteiger partial charge in [-0.3, -0.25) is 4.99 Å². The highest BCUT2D eigenvalue weighted by Gasteiger charge is 1.85. The van der Waals surface area contributed by atoms with E-state index < -0.39 is 0 Å². The Morgan fingerprint density at radius 3 is 2.36 bits per heavy atom. The van der Waals surface area contributed by atoms with Crippen LogP contribution in [0.2, 0.25) is 0 Å². The maximum absolute atomic E-state index is 4.26. The molecule has 0 aromatic rings. The Hall–Kier alpha value is -0.330. The fourth-order valence-electron chi connectivity index (χ4n) is 1.03. The Balaban J connectivity index is 2.85. The molecule has 0 aliphatic heterocycles. The van der Waals surface area contributed by atoms with E-state index in [4.69, 9.17) is 0 Å². The smallest absolute Gasteiger partial charge is 0.0385 e. The largest absolute Gasteiger partial charge is 0.298 e. The summed E-state index contributed by atoms with van der Waals surface area (Å²) in [5.41, 5.74) is 0. The molecule has 0 rings (SSSR count). The highest BCUT2D eigenvalue weighted by Crippen LogP contribution is 2.01. The lowest BCUT2D eigenvalue weighted by Crippen LogP contribution is -1.82. The van der Waals surface area contributed by atoms with Gasteiger partial charge in [0.1, 0.15) is 0 Å². The van der Waals surface area contributed by atoms with Crippen molar-refractivity contribution in [1.29, 1.82) is 0 Å². The zero-order valence-electron chi connectivity index (χ0n) is 7.97. The summed E-state index contributed by atoms with van der Waals surface area (Å²) < 4.78 is 0. The first-order valence-corrected chi connectivity index (χ1v) is 4.90. The second-order valence-electron chi connectivity index (χ2n) is 2.91. The molecule has 0 fully saturated rings. The van der Waals surface area contributed by atoms with E-state index in [-0.39, 0.29) is 0 Å². The summed E-state index contributed by atoms with van der Waals surface area (Å²) in [6.07, 6.45) is 9.83. The summed E-state index contributed by atoms with van der Waals surface area (Å²) in [4.78, 5) is 4.26. The van der Waals surface area contributed by atoms with E-state index in [9.17, 15) is 0 Å². The Kier molecular flexibility index (Phi) is 9.38. The minimum Gasteiger partial charge on any atom is -0.298 e. The Morgan fingerprint density at radius 1 is 1.00 bits per heavy atom. The monoisotopic (exact) mass is 155 g/mol. The molecule has 0 heterocycles. The SMILES string of the molecule is CC/C=N/CCCCCCC. The van der Waals surface area contributed by atoms with Gasteiger partial charge in [0.05, 0.1) is 0 Å². The first-order valence-electron chi connectivity index (χ1n) is 4.90. The van der Waals surface area contributed by atoms with Crippen LogP contribution in [0.3, 0.4) is 0 Å². The van der Waals surface area contributed by atoms with Gasteiger partial charge >= 0.3 is 0 Å². The maximum atomic E-state index is 4.26. The summed E-state index contributed by atoms with van der Waals surface area (Å²) in [5.74, 6) is 0. The van der Waals surface area contributed by atoms with Gasteiger partial charge in [0.2, 0.25) is 0 Å². The van der Waals surface area contributed by atoms with E-state index in [0.717, 1.165) is 13.0 Å². The second kappa shape index (κ2) is 9.67. The third-order valence-corrected chi connectivity index (χ3v) is 1.70. The molecule has 0 bridgehead atoms. The molecule has 0 aliphatic rings. The number of aliphatic imine (C=N–C) groups is 1. The molecule has 0 N–H and O–H groups in total. The predicted octanol–water partition coefficient (Wildman–Crippen LogP) is 3.44. The van der Waals surface area contributed by atoms with Gasteiger partial charge in [-0.15, -0.1) is 0 Å². The minimum atomic E-state index is 1.04. The van der Waals surface area contributed by atoms with Crippen LogP contribution in [0.15, 0.2) is 4.99 Å². The zero-order valence-corrected chi connectivity index (χ0v) is 7.97. The van der Waals surface area contributed by atoms with Crippen molar-refractivity contribution in [3.8, 4) is 0 Å². The van der Waals surface area contributed by atoms with E-state index in [1.165, 1.54) is 32.1 Å². The molecule has 66 valence electrons. The van der Waals surface area contributed by atoms with Crippen molar-refractivity contribution in [2.75, 3.05) is 6.54 Å². The summed E-state index contributed by atoms with van der Waals surface area (Å²) in [6, 6.07) is 0. The first-order chi connectivity index (χ1) is 5.41. The standard InChI is InChI=1S/C10H21N/c1-3-5-6-7-8-10-11-9-4-2/h9H,3-8,10H2,1-2H3/b11-9+. The normalized spacial score (nSPS) is 11.1. The van der Waals surface area contributed by atoms with Gasteiger partial charge in [0.15, 0.2) is 0 Å². The summed E-state index contributed by atoms with van der Waals surface area (Å²) >= 11 is 0. The zero-order chi connectivity index (χ0) is 8.36. The lowest BCUT2D eigenvalue weighted by molar-refractivity contribution is 0.639. The Labute approximate surface area is 70.9 Å². The summed E-state index contributed by atoms with van der Waals surface area (Å²) in [7, 11) is 0. The number of unbranched alkanes of at least 4 members (excludes halogenated alkanes) is 4. The highest BCUT2D eigenvalue weighted by atomic mass is 14.7. The molecule has 1 heteroatoms. The molecular weight excluding hydrogens is 134 g/mol. The second-order valence-corrected chi connectivity index (χ2v) is 2.91. The lowest BCUT2D eigenvalue weighted by atomic mass is 10.2. The molecule has 0 amide bonds. The molecule has 0 saturated carbocycles. The van der Waals surface area contributed by atoms with Crippen LogP contribution in [-0.4, -0.2) is 12.8 Å². The van der Waals surface area contributed by atoms with Gasteiger partial charge in [-0.25, -0.2) is 0 Å². The molecule has 0 aromatic heterocycles. The quantitative estimate of drug-likeness (QED) is 0.394. The average molecular weight is 155 g/mol. The molecule has 0 aliphatic carbocycles. The molecule has 0 radical (unpaired) electrons. The van der Waals surface area contributed by atoms with E-state index in [0.29, 0.717) is 0 Å². The maximum Gasteiger partial charge on any atom is 0.0385 e. The fourth-order valence-corrected chi connectivity index (χ4v) is 1.03. The molecule has 0 unspecified atom stereocenters. The van der Waals surface area contributed by atoms with E-state index in [1.807, 2.05) is 6.21 Å². The van der Waals surface area contributed by atoms with Crippen molar-refractivity contribution in [1.82, 2.24) is 0 Å². The average Bonchev–Trinajstić information content (AvgIpc) is 2.03. The minimum absolute atomic E-state index is 1.04. The van der Waals surface area contributed by atoms with E-state index in [2.05, 4.69) is 18.8 Å². The van der Waals surface area contributed by atoms with Gasteiger partial charge in [-0.1, -0.05) is 39.5 Å². The van der Waals surface area contributed by atoms with Crippen LogP contribution >= 0.6 is 0 Å². The number of hydrogen-bond donors (Lipinski definition) is 0. The molecule has 0 aromatic carbocycles. The van der Waals surface area contributed by atoms with Crippen LogP contribution in [0.25, 0.3) is 0 Å². The van der Waals surface area contributed by atoms with Crippen molar-refractivity contribution in [3.05, 3.63) is 0 Å². The van der Waals surface area contributed by atoms with Crippen molar-refractivity contribution in [2.24, 2.45) is 4.99 Å². The fraction of sp³-hybridized carbons (Fsp3) is 0.900. The topological polar surface area (TPSA) is 12.4 Å². The number of nitrogens with zero attached hydrogens (tertiary/aromatic N) is 1. The molecule has 11 heavy (non-hydrogen) atoms. The Bertz CT molecular complexity index is 86.9. The van der Waals surface area contributed by atoms with Crippen molar-refractivity contribution >= 4 is 6.21 Å². The van der Waals surface area contributed by atoms with Crippen molar-refractivity contribution in [2.45, 2.75) is 52.4 Å². The van der Waals surface area contributed by atoms with Gasteiger partial charge in [0, 0.05) is 6.54 Å². The van der Waals surface area contributed by atoms with Crippen LogP contribution in [0.4, 0.5) is 0 Å². The third-order valence-electron chi connectivity index (χ3n) is 1.70. The lowest BCUT2D eigenvalue weighted by Gasteiger charge is -1.95. The predicted molar refractivity (Wildman–Crippen MR) is 52.4 cm³/mol. The molecule has 0 spiro atoms. The first kappa shape index (κ1) is 10.7. The van der Waals surface area contributed by atoms with Crippen molar-refractivity contribution in [3.63, 3.8) is 0 Å². The van der Waals surface area contributed by atoms with Crippen LogP contribution in [0.5, 0.6) is 0 Å². The van der Waals surface area contributed by atoms with Crippen LogP contribution in [0, 0.1) is 0 Å². The van der Waals surface area contributed by atoms with Crippen molar-refractivity contribution < 1.29 is 0 Å². The van der Waals surface area contributed by atoms with Crippen LogP contribution in [-0.2, 0) is 0 Å².